The van der Waals surface area contributed by atoms with Crippen LogP contribution in [0.5, 0.6) is 0 Å². The lowest BCUT2D eigenvalue weighted by molar-refractivity contribution is 0.222. The van der Waals surface area contributed by atoms with Crippen LogP contribution in [0.1, 0.15) is 19.6 Å². The zero-order chi connectivity index (χ0) is 12.1. The molecule has 3 nitrogen and oxygen atoms in total. The maximum Gasteiger partial charge on any atom is 0.169 e. The van der Waals surface area contributed by atoms with Crippen molar-refractivity contribution in [3.05, 3.63) is 22.6 Å². The first-order valence-corrected chi connectivity index (χ1v) is 6.41. The van der Waals surface area contributed by atoms with E-state index in [4.69, 9.17) is 4.42 Å². The van der Waals surface area contributed by atoms with E-state index in [1.807, 2.05) is 12.1 Å². The summed E-state index contributed by atoms with van der Waals surface area (Å²) in [6, 6.07) is 4.46. The molecule has 1 atom stereocenters. The van der Waals surface area contributed by atoms with Gasteiger partial charge in [0.05, 0.1) is 6.54 Å². The molecule has 1 unspecified atom stereocenters. The maximum absolute atomic E-state index is 5.43. The molecule has 0 radical (unpaired) electrons. The van der Waals surface area contributed by atoms with Crippen molar-refractivity contribution < 1.29 is 4.42 Å². The Kier molecular flexibility index (Phi) is 5.52. The molecular formula is C12H21BrN2O. The molecule has 1 rings (SSSR count). The van der Waals surface area contributed by atoms with Crippen LogP contribution in [-0.4, -0.2) is 31.6 Å². The van der Waals surface area contributed by atoms with E-state index in [1.165, 1.54) is 0 Å². The van der Waals surface area contributed by atoms with Gasteiger partial charge in [-0.2, -0.15) is 0 Å². The molecule has 4 heteroatoms. The summed E-state index contributed by atoms with van der Waals surface area (Å²) in [4.78, 5) is 2.26. The first kappa shape index (κ1) is 13.7. The van der Waals surface area contributed by atoms with Crippen LogP contribution in [0.4, 0.5) is 0 Å². The van der Waals surface area contributed by atoms with Gasteiger partial charge < -0.3 is 14.6 Å². The standard InChI is InChI=1S/C12H21BrN2O/c1-9(2)11(15(3)4)8-14-7-10-5-6-12(13)16-10/h5-6,9,11,14H,7-8H2,1-4H3. The lowest BCUT2D eigenvalue weighted by Crippen LogP contribution is -2.41. The molecule has 0 amide bonds. The van der Waals surface area contributed by atoms with Crippen LogP contribution in [-0.2, 0) is 6.54 Å². The molecule has 0 aromatic carbocycles. The van der Waals surface area contributed by atoms with Crippen molar-refractivity contribution in [3.63, 3.8) is 0 Å². The van der Waals surface area contributed by atoms with Gasteiger partial charge in [-0.1, -0.05) is 13.8 Å². The molecule has 0 bridgehead atoms. The van der Waals surface area contributed by atoms with E-state index in [0.29, 0.717) is 12.0 Å². The molecule has 92 valence electrons. The fourth-order valence-electron chi connectivity index (χ4n) is 1.80. The first-order valence-electron chi connectivity index (χ1n) is 5.62. The number of hydrogen-bond donors (Lipinski definition) is 1. The highest BCUT2D eigenvalue weighted by Gasteiger charge is 2.14. The summed E-state index contributed by atoms with van der Waals surface area (Å²) < 4.78 is 6.22. The quantitative estimate of drug-likeness (QED) is 0.873. The number of rotatable bonds is 6. The number of nitrogens with zero attached hydrogens (tertiary/aromatic N) is 1. The second-order valence-electron chi connectivity index (χ2n) is 4.61. The van der Waals surface area contributed by atoms with Gasteiger partial charge in [0.15, 0.2) is 4.67 Å². The van der Waals surface area contributed by atoms with E-state index < -0.39 is 0 Å². The van der Waals surface area contributed by atoms with E-state index in [-0.39, 0.29) is 0 Å². The van der Waals surface area contributed by atoms with E-state index in [2.05, 4.69) is 54.1 Å². The zero-order valence-corrected chi connectivity index (χ0v) is 12.0. The molecule has 1 aromatic heterocycles. The van der Waals surface area contributed by atoms with Gasteiger partial charge in [0, 0.05) is 12.6 Å². The van der Waals surface area contributed by atoms with Gasteiger partial charge in [-0.05, 0) is 48.1 Å². The lowest BCUT2D eigenvalue weighted by atomic mass is 10.0. The van der Waals surface area contributed by atoms with Gasteiger partial charge in [0.25, 0.3) is 0 Å². The average molecular weight is 289 g/mol. The minimum absolute atomic E-state index is 0.554. The van der Waals surface area contributed by atoms with Gasteiger partial charge >= 0.3 is 0 Å². The largest absolute Gasteiger partial charge is 0.453 e. The molecule has 0 aliphatic heterocycles. The minimum atomic E-state index is 0.554. The van der Waals surface area contributed by atoms with Gasteiger partial charge in [-0.15, -0.1) is 0 Å². The number of halogens is 1. The second-order valence-corrected chi connectivity index (χ2v) is 5.39. The molecule has 0 spiro atoms. The maximum atomic E-state index is 5.43. The Morgan fingerprint density at radius 1 is 1.38 bits per heavy atom. The Morgan fingerprint density at radius 3 is 2.50 bits per heavy atom. The average Bonchev–Trinajstić information content (AvgIpc) is 2.57. The van der Waals surface area contributed by atoms with E-state index in [1.54, 1.807) is 0 Å². The molecule has 1 heterocycles. The third kappa shape index (κ3) is 4.28. The van der Waals surface area contributed by atoms with Crippen molar-refractivity contribution in [1.29, 1.82) is 0 Å². The van der Waals surface area contributed by atoms with Crippen molar-refractivity contribution in [3.8, 4) is 0 Å². The highest BCUT2D eigenvalue weighted by Crippen LogP contribution is 2.14. The molecular weight excluding hydrogens is 268 g/mol. The van der Waals surface area contributed by atoms with Gasteiger partial charge in [-0.25, -0.2) is 0 Å². The summed E-state index contributed by atoms with van der Waals surface area (Å²) in [5.74, 6) is 1.61. The highest BCUT2D eigenvalue weighted by atomic mass is 79.9. The molecule has 0 saturated carbocycles. The molecule has 0 aliphatic rings. The van der Waals surface area contributed by atoms with Crippen LogP contribution >= 0.6 is 15.9 Å². The number of hydrogen-bond acceptors (Lipinski definition) is 3. The molecule has 0 aliphatic carbocycles. The van der Waals surface area contributed by atoms with Gasteiger partial charge in [0.2, 0.25) is 0 Å². The van der Waals surface area contributed by atoms with Crippen molar-refractivity contribution in [2.45, 2.75) is 26.4 Å². The van der Waals surface area contributed by atoms with Crippen LogP contribution in [0.15, 0.2) is 21.2 Å². The third-order valence-corrected chi connectivity index (χ3v) is 3.14. The molecule has 16 heavy (non-hydrogen) atoms. The van der Waals surface area contributed by atoms with Crippen LogP contribution in [0.25, 0.3) is 0 Å². The minimum Gasteiger partial charge on any atom is -0.453 e. The summed E-state index contributed by atoms with van der Waals surface area (Å²) >= 11 is 3.30. The summed E-state index contributed by atoms with van der Waals surface area (Å²) in [7, 11) is 4.24. The fraction of sp³-hybridized carbons (Fsp3) is 0.667. The summed E-state index contributed by atoms with van der Waals surface area (Å²) in [5.41, 5.74) is 0. The summed E-state index contributed by atoms with van der Waals surface area (Å²) in [6.07, 6.45) is 0. The normalized spacial score (nSPS) is 13.7. The lowest BCUT2D eigenvalue weighted by Gasteiger charge is -2.28. The Morgan fingerprint density at radius 2 is 2.06 bits per heavy atom. The smallest absolute Gasteiger partial charge is 0.169 e. The Labute approximate surface area is 106 Å². The van der Waals surface area contributed by atoms with Gasteiger partial charge in [-0.3, -0.25) is 0 Å². The summed E-state index contributed by atoms with van der Waals surface area (Å²) in [5, 5.41) is 3.42. The Bertz CT molecular complexity index is 302. The predicted octanol–water partition coefficient (Wildman–Crippen LogP) is 2.72. The SMILES string of the molecule is CC(C)C(CNCc1ccc(Br)o1)N(C)C. The van der Waals surface area contributed by atoms with Crippen LogP contribution in [0.3, 0.4) is 0 Å². The number of likely N-dealkylation sites (N-methyl/N-ethyl adjacent to an activating group) is 1. The van der Waals surface area contributed by atoms with Crippen molar-refractivity contribution in [1.82, 2.24) is 10.2 Å². The number of nitrogens with one attached hydrogen (secondary N) is 1. The van der Waals surface area contributed by atoms with E-state index in [9.17, 15) is 0 Å². The summed E-state index contributed by atoms with van der Waals surface area (Å²) in [6.45, 7) is 6.25. The predicted molar refractivity (Wildman–Crippen MR) is 70.4 cm³/mol. The Balaban J connectivity index is 2.33. The van der Waals surface area contributed by atoms with Crippen LogP contribution in [0, 0.1) is 5.92 Å². The van der Waals surface area contributed by atoms with E-state index >= 15 is 0 Å². The van der Waals surface area contributed by atoms with Crippen molar-refractivity contribution >= 4 is 15.9 Å². The topological polar surface area (TPSA) is 28.4 Å². The molecule has 1 N–H and O–H groups in total. The number of furan rings is 1. The van der Waals surface area contributed by atoms with Crippen LogP contribution < -0.4 is 5.32 Å². The molecule has 0 fully saturated rings. The first-order chi connectivity index (χ1) is 7.50. The van der Waals surface area contributed by atoms with Crippen molar-refractivity contribution in [2.75, 3.05) is 20.6 Å². The molecule has 1 aromatic rings. The monoisotopic (exact) mass is 288 g/mol. The third-order valence-electron chi connectivity index (χ3n) is 2.71. The highest BCUT2D eigenvalue weighted by molar-refractivity contribution is 9.10. The second kappa shape index (κ2) is 6.42. The van der Waals surface area contributed by atoms with E-state index in [0.717, 1.165) is 23.5 Å². The van der Waals surface area contributed by atoms with Gasteiger partial charge in [0.1, 0.15) is 5.76 Å². The van der Waals surface area contributed by atoms with Crippen molar-refractivity contribution in [2.24, 2.45) is 5.92 Å². The Hall–Kier alpha value is -0.320. The molecule has 0 saturated heterocycles. The zero-order valence-electron chi connectivity index (χ0n) is 10.5. The van der Waals surface area contributed by atoms with Crippen LogP contribution in [0.2, 0.25) is 0 Å². The fourth-order valence-corrected chi connectivity index (χ4v) is 2.14.